The largest absolute Gasteiger partial charge is 0.495 e. The third kappa shape index (κ3) is 3.86. The van der Waals surface area contributed by atoms with E-state index in [-0.39, 0.29) is 16.7 Å². The highest BCUT2D eigenvalue weighted by atomic mass is 32.2. The van der Waals surface area contributed by atoms with E-state index in [1.807, 2.05) is 43.3 Å². The van der Waals surface area contributed by atoms with Crippen molar-refractivity contribution in [2.45, 2.75) is 30.1 Å². The number of aryl methyl sites for hydroxylation is 1. The van der Waals surface area contributed by atoms with Crippen LogP contribution in [0.5, 0.6) is 5.75 Å². The smallest absolute Gasteiger partial charge is 0.253 e. The van der Waals surface area contributed by atoms with Crippen LogP contribution in [0.1, 0.15) is 16.7 Å². The molecule has 156 valence electrons. The molecule has 30 heavy (non-hydrogen) atoms. The van der Waals surface area contributed by atoms with Gasteiger partial charge in [0.1, 0.15) is 16.0 Å². The van der Waals surface area contributed by atoms with Crippen LogP contribution in [0.25, 0.3) is 0 Å². The molecule has 1 aliphatic heterocycles. The molecule has 1 aromatic heterocycles. The lowest BCUT2D eigenvalue weighted by Gasteiger charge is -2.34. The number of ether oxygens (including phenoxy) is 1. The first kappa shape index (κ1) is 20.6. The molecule has 8 heteroatoms. The number of nitrogens with zero attached hydrogens (tertiary/aromatic N) is 1. The second-order valence-corrected chi connectivity index (χ2v) is 10.2. The normalized spacial score (nSPS) is 16.7. The predicted molar refractivity (Wildman–Crippen MR) is 117 cm³/mol. The molecular formula is C22H22N2O4S2. The van der Waals surface area contributed by atoms with E-state index in [4.69, 9.17) is 4.74 Å². The van der Waals surface area contributed by atoms with Crippen LogP contribution in [0.3, 0.4) is 0 Å². The van der Waals surface area contributed by atoms with Crippen molar-refractivity contribution in [3.05, 3.63) is 76.7 Å². The number of fused-ring (bicyclic) bond motifs is 1. The highest BCUT2D eigenvalue weighted by Gasteiger charge is 2.40. The van der Waals surface area contributed by atoms with Crippen molar-refractivity contribution in [2.24, 2.45) is 0 Å². The Morgan fingerprint density at radius 2 is 1.90 bits per heavy atom. The number of sulfonamides is 1. The number of amides is 1. The zero-order valence-electron chi connectivity index (χ0n) is 16.7. The molecular weight excluding hydrogens is 420 g/mol. The molecule has 0 bridgehead atoms. The summed E-state index contributed by atoms with van der Waals surface area (Å²) in [5, 5.41) is 4.60. The number of carbonyl (C=O) groups is 1. The minimum absolute atomic E-state index is 0.152. The molecule has 4 rings (SSSR count). The van der Waals surface area contributed by atoms with Crippen molar-refractivity contribution in [1.29, 1.82) is 0 Å². The average Bonchev–Trinajstić information content (AvgIpc) is 3.29. The molecule has 1 atom stereocenters. The quantitative estimate of drug-likeness (QED) is 0.652. The molecule has 2 aromatic carbocycles. The molecule has 0 unspecified atom stereocenters. The first-order valence-electron chi connectivity index (χ1n) is 9.48. The molecule has 0 fully saturated rings. The molecule has 0 saturated heterocycles. The Bertz CT molecular complexity index is 1170. The van der Waals surface area contributed by atoms with Crippen molar-refractivity contribution in [1.82, 2.24) is 4.31 Å². The fraction of sp³-hybridized carbons (Fsp3) is 0.227. The lowest BCUT2D eigenvalue weighted by atomic mass is 9.95. The molecule has 3 aromatic rings. The molecule has 0 aliphatic carbocycles. The predicted octanol–water partition coefficient (Wildman–Crippen LogP) is 3.82. The van der Waals surface area contributed by atoms with Gasteiger partial charge in [0, 0.05) is 6.54 Å². The summed E-state index contributed by atoms with van der Waals surface area (Å²) in [5.41, 5.74) is 3.37. The maximum atomic E-state index is 13.3. The molecule has 6 nitrogen and oxygen atoms in total. The molecule has 1 amide bonds. The van der Waals surface area contributed by atoms with Crippen molar-refractivity contribution < 1.29 is 17.9 Å². The van der Waals surface area contributed by atoms with Gasteiger partial charge in [-0.1, -0.05) is 36.4 Å². The van der Waals surface area contributed by atoms with Gasteiger partial charge in [-0.3, -0.25) is 4.79 Å². The lowest BCUT2D eigenvalue weighted by molar-refractivity contribution is -0.120. The van der Waals surface area contributed by atoms with Gasteiger partial charge in [0.05, 0.1) is 12.8 Å². The SMILES string of the molecule is COc1ccc(C)cc1NC(=O)[C@@H]1Cc2ccccc2CN1S(=O)(=O)c1cccs1. The molecule has 2 heterocycles. The lowest BCUT2D eigenvalue weighted by Crippen LogP contribution is -2.50. The first-order valence-corrected chi connectivity index (χ1v) is 11.8. The van der Waals surface area contributed by atoms with Crippen molar-refractivity contribution >= 4 is 33.0 Å². The summed E-state index contributed by atoms with van der Waals surface area (Å²) in [4.78, 5) is 13.3. The van der Waals surface area contributed by atoms with Crippen LogP contribution in [0, 0.1) is 6.92 Å². The third-order valence-electron chi connectivity index (χ3n) is 5.18. The van der Waals surface area contributed by atoms with Gasteiger partial charge >= 0.3 is 0 Å². The minimum atomic E-state index is -3.81. The molecule has 0 spiro atoms. The number of rotatable bonds is 5. The van der Waals surface area contributed by atoms with E-state index in [1.165, 1.54) is 11.4 Å². The number of thiophene rings is 1. The molecule has 1 N–H and O–H groups in total. The highest BCUT2D eigenvalue weighted by molar-refractivity contribution is 7.91. The van der Waals surface area contributed by atoms with E-state index in [2.05, 4.69) is 5.32 Å². The number of nitrogens with one attached hydrogen (secondary N) is 1. The fourth-order valence-corrected chi connectivity index (χ4v) is 6.32. The highest BCUT2D eigenvalue weighted by Crippen LogP contribution is 2.32. The Kier molecular flexibility index (Phi) is 5.64. The van der Waals surface area contributed by atoms with Gasteiger partial charge < -0.3 is 10.1 Å². The monoisotopic (exact) mass is 442 g/mol. The van der Waals surface area contributed by atoms with Gasteiger partial charge in [-0.25, -0.2) is 8.42 Å². The second kappa shape index (κ2) is 8.22. The van der Waals surface area contributed by atoms with Gasteiger partial charge in [0.15, 0.2) is 0 Å². The van der Waals surface area contributed by atoms with Crippen LogP contribution in [0.15, 0.2) is 64.2 Å². The van der Waals surface area contributed by atoms with E-state index in [0.29, 0.717) is 17.9 Å². The number of anilines is 1. The summed E-state index contributed by atoms with van der Waals surface area (Å²) in [6, 6.07) is 15.5. The Morgan fingerprint density at radius 1 is 1.13 bits per heavy atom. The molecule has 0 saturated carbocycles. The number of carbonyl (C=O) groups excluding carboxylic acids is 1. The second-order valence-electron chi connectivity index (χ2n) is 7.16. The van der Waals surface area contributed by atoms with Crippen molar-refractivity contribution in [3.63, 3.8) is 0 Å². The van der Waals surface area contributed by atoms with Gasteiger partial charge in [-0.05, 0) is 53.6 Å². The van der Waals surface area contributed by atoms with Crippen LogP contribution in [0.4, 0.5) is 5.69 Å². The molecule has 1 aliphatic rings. The number of methoxy groups -OCH3 is 1. The molecule has 0 radical (unpaired) electrons. The van der Waals surface area contributed by atoms with E-state index in [0.717, 1.165) is 28.0 Å². The third-order valence-corrected chi connectivity index (χ3v) is 8.41. The number of hydrogen-bond acceptors (Lipinski definition) is 5. The fourth-order valence-electron chi connectivity index (χ4n) is 3.64. The summed E-state index contributed by atoms with van der Waals surface area (Å²) >= 11 is 1.15. The summed E-state index contributed by atoms with van der Waals surface area (Å²) in [7, 11) is -2.28. The first-order chi connectivity index (χ1) is 14.4. The van der Waals surface area contributed by atoms with Gasteiger partial charge in [-0.15, -0.1) is 11.3 Å². The maximum Gasteiger partial charge on any atom is 0.253 e. The summed E-state index contributed by atoms with van der Waals surface area (Å²) in [5.74, 6) is 0.145. The van der Waals surface area contributed by atoms with Gasteiger partial charge in [0.2, 0.25) is 5.91 Å². The Balaban J connectivity index is 1.72. The van der Waals surface area contributed by atoms with Crippen molar-refractivity contribution in [3.8, 4) is 5.75 Å². The number of hydrogen-bond donors (Lipinski definition) is 1. The van der Waals surface area contributed by atoms with E-state index in [1.54, 1.807) is 23.6 Å². The topological polar surface area (TPSA) is 75.7 Å². The van der Waals surface area contributed by atoms with E-state index in [9.17, 15) is 13.2 Å². The standard InChI is InChI=1S/C22H22N2O4S2/c1-15-9-10-20(28-2)18(12-15)23-22(25)19-13-16-6-3-4-7-17(16)14-24(19)30(26,27)21-8-5-11-29-21/h3-12,19H,13-14H2,1-2H3,(H,23,25)/t19-/m0/s1. The Labute approximate surface area is 180 Å². The van der Waals surface area contributed by atoms with Gasteiger partial charge in [0.25, 0.3) is 10.0 Å². The van der Waals surface area contributed by atoms with Crippen molar-refractivity contribution in [2.75, 3.05) is 12.4 Å². The van der Waals surface area contributed by atoms with Crippen LogP contribution < -0.4 is 10.1 Å². The van der Waals surface area contributed by atoms with Crippen LogP contribution in [0.2, 0.25) is 0 Å². The maximum absolute atomic E-state index is 13.3. The van der Waals surface area contributed by atoms with Gasteiger partial charge in [-0.2, -0.15) is 4.31 Å². The Hall–Kier alpha value is -2.68. The summed E-state index contributed by atoms with van der Waals surface area (Å²) in [6.07, 6.45) is 0.306. The Morgan fingerprint density at radius 3 is 2.60 bits per heavy atom. The minimum Gasteiger partial charge on any atom is -0.495 e. The zero-order chi connectivity index (χ0) is 21.3. The summed E-state index contributed by atoms with van der Waals surface area (Å²) < 4.78 is 33.6. The van der Waals surface area contributed by atoms with E-state index < -0.39 is 16.1 Å². The van der Waals surface area contributed by atoms with Crippen LogP contribution >= 0.6 is 11.3 Å². The van der Waals surface area contributed by atoms with Crippen LogP contribution in [-0.2, 0) is 27.8 Å². The number of benzene rings is 2. The zero-order valence-corrected chi connectivity index (χ0v) is 18.3. The van der Waals surface area contributed by atoms with Crippen LogP contribution in [-0.4, -0.2) is 31.8 Å². The summed E-state index contributed by atoms with van der Waals surface area (Å²) in [6.45, 7) is 2.07. The van der Waals surface area contributed by atoms with E-state index >= 15 is 0 Å². The average molecular weight is 443 g/mol.